The molecule has 0 radical (unpaired) electrons. The van der Waals surface area contributed by atoms with E-state index in [2.05, 4.69) is 15.6 Å². The highest BCUT2D eigenvalue weighted by atomic mass is 35.5. The summed E-state index contributed by atoms with van der Waals surface area (Å²) in [6.07, 6.45) is 3.79. The number of aromatic nitrogens is 2. The number of carbonyl (C=O) groups excluding carboxylic acids is 2. The van der Waals surface area contributed by atoms with Gasteiger partial charge in [-0.3, -0.25) is 4.79 Å². The zero-order valence-corrected chi connectivity index (χ0v) is 22.7. The fourth-order valence-electron chi connectivity index (χ4n) is 3.66. The fourth-order valence-corrected chi connectivity index (χ4v) is 4.26. The molecule has 0 aliphatic heterocycles. The topological polar surface area (TPSA) is 88.0 Å². The van der Waals surface area contributed by atoms with E-state index < -0.39 is 6.03 Å². The first-order chi connectivity index (χ1) is 17.2. The van der Waals surface area contributed by atoms with Crippen molar-refractivity contribution in [2.24, 2.45) is 0 Å². The summed E-state index contributed by atoms with van der Waals surface area (Å²) < 4.78 is 7.87. The summed E-state index contributed by atoms with van der Waals surface area (Å²) in [5, 5.41) is 5.97. The zero-order valence-electron chi connectivity index (χ0n) is 20.4. The van der Waals surface area contributed by atoms with Crippen LogP contribution in [-0.4, -0.2) is 34.9 Å². The number of hydrogen-bond acceptors (Lipinski definition) is 4. The van der Waals surface area contributed by atoms with Gasteiger partial charge in [-0.2, -0.15) is 0 Å². The van der Waals surface area contributed by atoms with Gasteiger partial charge in [-0.15, -0.1) is 12.4 Å². The van der Waals surface area contributed by atoms with Gasteiger partial charge in [-0.05, 0) is 55.8 Å². The Morgan fingerprint density at radius 3 is 2.65 bits per heavy atom. The third-order valence-electron chi connectivity index (χ3n) is 5.52. The number of hydrogen-bond donors (Lipinski definition) is 2. The summed E-state index contributed by atoms with van der Waals surface area (Å²) in [7, 11) is 1.58. The maximum absolute atomic E-state index is 12.8. The normalized spacial score (nSPS) is 10.5. The summed E-state index contributed by atoms with van der Waals surface area (Å²) in [6, 6.07) is 13.9. The minimum Gasteiger partial charge on any atom is -0.485 e. The number of carbonyl (C=O) groups is 2. The van der Waals surface area contributed by atoms with Gasteiger partial charge in [-0.1, -0.05) is 35.3 Å². The molecule has 4 rings (SSSR count). The van der Waals surface area contributed by atoms with Crippen LogP contribution < -0.4 is 20.3 Å². The van der Waals surface area contributed by atoms with E-state index in [9.17, 15) is 9.59 Å². The monoisotopic (exact) mass is 561 g/mol. The highest BCUT2D eigenvalue weighted by Gasteiger charge is 2.19. The number of halogens is 3. The Morgan fingerprint density at radius 2 is 1.89 bits per heavy atom. The second kappa shape index (κ2) is 12.2. The van der Waals surface area contributed by atoms with Crippen LogP contribution in [0.25, 0.3) is 5.65 Å². The number of likely N-dealkylation sites (N-methyl/N-ethyl adjacent to an activating group) is 1. The number of nitrogens with one attached hydrogen (secondary N) is 2. The molecule has 0 atom stereocenters. The molecule has 2 aromatic heterocycles. The van der Waals surface area contributed by atoms with Gasteiger partial charge < -0.3 is 24.7 Å². The smallest absolute Gasteiger partial charge is 0.319 e. The highest BCUT2D eigenvalue weighted by Crippen LogP contribution is 2.35. The average Bonchev–Trinajstić information content (AvgIpc) is 3.23. The second-order valence-electron chi connectivity index (χ2n) is 8.26. The van der Waals surface area contributed by atoms with E-state index in [0.717, 1.165) is 11.3 Å². The molecule has 0 saturated carbocycles. The largest absolute Gasteiger partial charge is 0.485 e. The van der Waals surface area contributed by atoms with Crippen LogP contribution in [0.15, 0.2) is 60.9 Å². The first-order valence-corrected chi connectivity index (χ1v) is 11.9. The molecule has 3 amide bonds. The fraction of sp³-hybridized carbons (Fsp3) is 0.192. The lowest BCUT2D eigenvalue weighted by molar-refractivity contribution is -0.117. The van der Waals surface area contributed by atoms with Crippen molar-refractivity contribution in [2.45, 2.75) is 20.5 Å². The number of aryl methyl sites for hydroxylation is 2. The van der Waals surface area contributed by atoms with Crippen molar-refractivity contribution in [3.05, 3.63) is 87.8 Å². The first-order valence-electron chi connectivity index (χ1n) is 11.1. The van der Waals surface area contributed by atoms with Gasteiger partial charge in [0.25, 0.3) is 0 Å². The van der Waals surface area contributed by atoms with Crippen LogP contribution in [0, 0.1) is 13.8 Å². The lowest BCUT2D eigenvalue weighted by Gasteiger charge is -2.21. The van der Waals surface area contributed by atoms with E-state index in [0.29, 0.717) is 33.4 Å². The molecular formula is C26H26Cl3N5O3. The third-order valence-corrected chi connectivity index (χ3v) is 6.29. The SMILES string of the molecule is Cc1cccc(NC(=O)NCC(=O)N(C)c2ccc(Cl)c(COc3cccn4cc(C)nc34)c2Cl)c1.Cl. The second-order valence-corrected chi connectivity index (χ2v) is 9.05. The summed E-state index contributed by atoms with van der Waals surface area (Å²) in [4.78, 5) is 30.8. The van der Waals surface area contributed by atoms with Crippen molar-refractivity contribution >= 4 is 64.6 Å². The zero-order chi connectivity index (χ0) is 25.8. The molecule has 11 heteroatoms. The number of imidazole rings is 1. The van der Waals surface area contributed by atoms with E-state index in [-0.39, 0.29) is 36.5 Å². The highest BCUT2D eigenvalue weighted by molar-refractivity contribution is 6.38. The van der Waals surface area contributed by atoms with Crippen LogP contribution in [0.5, 0.6) is 5.75 Å². The van der Waals surface area contributed by atoms with Crippen LogP contribution in [0.2, 0.25) is 10.0 Å². The van der Waals surface area contributed by atoms with E-state index in [1.165, 1.54) is 4.90 Å². The molecule has 0 aliphatic carbocycles. The van der Waals surface area contributed by atoms with Crippen molar-refractivity contribution in [2.75, 3.05) is 23.8 Å². The molecule has 37 heavy (non-hydrogen) atoms. The first kappa shape index (κ1) is 28.1. The molecule has 2 aromatic carbocycles. The molecule has 0 bridgehead atoms. The van der Waals surface area contributed by atoms with Crippen molar-refractivity contribution in [1.29, 1.82) is 0 Å². The van der Waals surface area contributed by atoms with E-state index in [1.54, 1.807) is 25.2 Å². The predicted octanol–water partition coefficient (Wildman–Crippen LogP) is 6.04. The van der Waals surface area contributed by atoms with Crippen LogP contribution >= 0.6 is 35.6 Å². The van der Waals surface area contributed by atoms with Gasteiger partial charge in [0.2, 0.25) is 5.91 Å². The number of anilines is 2. The quantitative estimate of drug-likeness (QED) is 0.287. The summed E-state index contributed by atoms with van der Waals surface area (Å²) in [6.45, 7) is 3.69. The average molecular weight is 563 g/mol. The number of pyridine rings is 1. The summed E-state index contributed by atoms with van der Waals surface area (Å²) in [5.74, 6) is 0.222. The maximum atomic E-state index is 12.8. The summed E-state index contributed by atoms with van der Waals surface area (Å²) in [5.41, 5.74) is 4.18. The van der Waals surface area contributed by atoms with E-state index in [4.69, 9.17) is 27.9 Å². The molecule has 8 nitrogen and oxygen atoms in total. The summed E-state index contributed by atoms with van der Waals surface area (Å²) >= 11 is 13.1. The molecule has 2 N–H and O–H groups in total. The van der Waals surface area contributed by atoms with Crippen molar-refractivity contribution in [1.82, 2.24) is 14.7 Å². The number of nitrogens with zero attached hydrogens (tertiary/aromatic N) is 3. The van der Waals surface area contributed by atoms with Crippen molar-refractivity contribution in [3.8, 4) is 5.75 Å². The molecule has 0 spiro atoms. The Bertz CT molecular complexity index is 1440. The molecule has 2 heterocycles. The Labute approximate surface area is 230 Å². The number of benzene rings is 2. The lowest BCUT2D eigenvalue weighted by Crippen LogP contribution is -2.40. The van der Waals surface area contributed by atoms with E-state index in [1.807, 2.05) is 61.0 Å². The van der Waals surface area contributed by atoms with Gasteiger partial charge in [-0.25, -0.2) is 9.78 Å². The number of urea groups is 1. The number of rotatable bonds is 7. The minimum absolute atomic E-state index is 0. The molecule has 0 fully saturated rings. The Morgan fingerprint density at radius 1 is 1.11 bits per heavy atom. The van der Waals surface area contributed by atoms with Crippen LogP contribution in [0.4, 0.5) is 16.2 Å². The molecule has 0 aliphatic rings. The van der Waals surface area contributed by atoms with Gasteiger partial charge >= 0.3 is 6.03 Å². The number of amides is 3. The molecule has 4 aromatic rings. The number of fused-ring (bicyclic) bond motifs is 1. The molecule has 0 unspecified atom stereocenters. The Hall–Kier alpha value is -3.46. The van der Waals surface area contributed by atoms with Crippen LogP contribution in [-0.2, 0) is 11.4 Å². The molecule has 0 saturated heterocycles. The van der Waals surface area contributed by atoms with Gasteiger partial charge in [0.15, 0.2) is 11.4 Å². The standard InChI is InChI=1S/C26H25Cl2N5O3.ClH/c1-16-6-4-7-18(12-16)31-26(35)29-13-23(34)32(3)21-10-9-20(27)19(24(21)28)15-36-22-8-5-11-33-14-17(2)30-25(22)33;/h4-12,14H,13,15H2,1-3H3,(H2,29,31,35);1H. The lowest BCUT2D eigenvalue weighted by atomic mass is 10.2. The molecular weight excluding hydrogens is 537 g/mol. The minimum atomic E-state index is -0.484. The van der Waals surface area contributed by atoms with Gasteiger partial charge in [0, 0.05) is 35.7 Å². The number of ether oxygens (including phenoxy) is 1. The van der Waals surface area contributed by atoms with Gasteiger partial charge in [0.1, 0.15) is 6.61 Å². The Kier molecular flexibility index (Phi) is 9.26. The van der Waals surface area contributed by atoms with Crippen LogP contribution in [0.1, 0.15) is 16.8 Å². The van der Waals surface area contributed by atoms with Gasteiger partial charge in [0.05, 0.1) is 22.9 Å². The van der Waals surface area contributed by atoms with E-state index >= 15 is 0 Å². The van der Waals surface area contributed by atoms with Crippen molar-refractivity contribution < 1.29 is 14.3 Å². The predicted molar refractivity (Wildman–Crippen MR) is 150 cm³/mol. The Balaban J connectivity index is 0.00000380. The maximum Gasteiger partial charge on any atom is 0.319 e. The molecule has 194 valence electrons. The third kappa shape index (κ3) is 6.65. The van der Waals surface area contributed by atoms with Crippen molar-refractivity contribution in [3.63, 3.8) is 0 Å². The van der Waals surface area contributed by atoms with Crippen LogP contribution in [0.3, 0.4) is 0 Å².